The summed E-state index contributed by atoms with van der Waals surface area (Å²) in [5.41, 5.74) is 5.15. The highest BCUT2D eigenvalue weighted by molar-refractivity contribution is 5.79. The van der Waals surface area contributed by atoms with Crippen LogP contribution in [0.2, 0.25) is 0 Å². The van der Waals surface area contributed by atoms with Gasteiger partial charge < -0.3 is 5.11 Å². The molecule has 6 nitrogen and oxygen atoms in total. The summed E-state index contributed by atoms with van der Waals surface area (Å²) in [5.74, 6) is -0.471. The highest BCUT2D eigenvalue weighted by Crippen LogP contribution is 2.29. The Morgan fingerprint density at radius 3 is 2.67 bits per heavy atom. The molecule has 0 bridgehead atoms. The minimum Gasteiger partial charge on any atom is -0.390 e. The fourth-order valence-corrected chi connectivity index (χ4v) is 1.98. The molecule has 1 heterocycles. The van der Waals surface area contributed by atoms with Crippen molar-refractivity contribution in [2.75, 3.05) is 5.43 Å². The number of amides is 1. The van der Waals surface area contributed by atoms with Crippen molar-refractivity contribution in [3.05, 3.63) is 52.8 Å². The predicted octanol–water partition coefficient (Wildman–Crippen LogP) is 1.98. The molecule has 1 aromatic carbocycles. The van der Waals surface area contributed by atoms with Gasteiger partial charge >= 0.3 is 6.18 Å². The summed E-state index contributed by atoms with van der Waals surface area (Å²) >= 11 is 0. The van der Waals surface area contributed by atoms with Crippen LogP contribution in [-0.4, -0.2) is 21.0 Å². The number of aryl methyl sites for hydroxylation is 1. The molecule has 0 aliphatic carbocycles. The number of hydrogen-bond donors (Lipinski definition) is 3. The molecule has 0 unspecified atom stereocenters. The van der Waals surface area contributed by atoms with Gasteiger partial charge in [0.05, 0.1) is 24.3 Å². The zero-order valence-corrected chi connectivity index (χ0v) is 12.7. The van der Waals surface area contributed by atoms with E-state index >= 15 is 0 Å². The molecule has 24 heavy (non-hydrogen) atoms. The lowest BCUT2D eigenvalue weighted by molar-refractivity contribution is -0.137. The number of aliphatic hydroxyl groups is 1. The van der Waals surface area contributed by atoms with Crippen LogP contribution in [0.5, 0.6) is 0 Å². The summed E-state index contributed by atoms with van der Waals surface area (Å²) in [6.45, 7) is 1.41. The van der Waals surface area contributed by atoms with E-state index in [0.29, 0.717) is 11.4 Å². The average Bonchev–Trinajstić information content (AvgIpc) is 2.52. The fourth-order valence-electron chi connectivity index (χ4n) is 1.98. The Balaban J connectivity index is 1.98. The zero-order valence-electron chi connectivity index (χ0n) is 12.7. The number of nitrogens with zero attached hydrogens (tertiary/aromatic N) is 2. The molecule has 2 rings (SSSR count). The Hall–Kier alpha value is -2.68. The van der Waals surface area contributed by atoms with E-state index in [2.05, 4.69) is 20.8 Å². The van der Waals surface area contributed by atoms with Crippen molar-refractivity contribution in [3.63, 3.8) is 0 Å². The molecule has 3 N–H and O–H groups in total. The number of hydrazine groups is 1. The molecule has 9 heteroatoms. The van der Waals surface area contributed by atoms with Crippen molar-refractivity contribution in [1.82, 2.24) is 15.4 Å². The van der Waals surface area contributed by atoms with Crippen molar-refractivity contribution in [3.8, 4) is 0 Å². The van der Waals surface area contributed by atoms with E-state index in [9.17, 15) is 18.0 Å². The van der Waals surface area contributed by atoms with Crippen LogP contribution < -0.4 is 10.9 Å². The maximum Gasteiger partial charge on any atom is 0.416 e. The van der Waals surface area contributed by atoms with E-state index in [1.165, 1.54) is 12.1 Å². The molecule has 0 radical (unpaired) electrons. The lowest BCUT2D eigenvalue weighted by Gasteiger charge is -2.10. The fraction of sp³-hybridized carbons (Fsp3) is 0.267. The van der Waals surface area contributed by atoms with Gasteiger partial charge in [-0.2, -0.15) is 13.2 Å². The maximum atomic E-state index is 12.6. The third-order valence-corrected chi connectivity index (χ3v) is 3.00. The van der Waals surface area contributed by atoms with Crippen molar-refractivity contribution in [2.45, 2.75) is 26.1 Å². The Kier molecular flexibility index (Phi) is 5.35. The van der Waals surface area contributed by atoms with Crippen molar-refractivity contribution in [1.29, 1.82) is 0 Å². The van der Waals surface area contributed by atoms with E-state index in [-0.39, 0.29) is 24.5 Å². The zero-order chi connectivity index (χ0) is 17.7. The first-order valence-electron chi connectivity index (χ1n) is 6.94. The monoisotopic (exact) mass is 340 g/mol. The van der Waals surface area contributed by atoms with Crippen molar-refractivity contribution >= 4 is 11.9 Å². The normalized spacial score (nSPS) is 11.2. The number of halogens is 3. The highest BCUT2D eigenvalue weighted by Gasteiger charge is 2.30. The van der Waals surface area contributed by atoms with Crippen LogP contribution in [-0.2, 0) is 24.0 Å². The van der Waals surface area contributed by atoms with Gasteiger partial charge in [0.1, 0.15) is 0 Å². The van der Waals surface area contributed by atoms with Gasteiger partial charge in [-0.3, -0.25) is 15.6 Å². The number of hydrogen-bond acceptors (Lipinski definition) is 5. The third kappa shape index (κ3) is 4.92. The number of alkyl halides is 3. The van der Waals surface area contributed by atoms with Gasteiger partial charge in [-0.25, -0.2) is 9.97 Å². The SMILES string of the molecule is Cc1cc(CO)nc(NNC(=O)Cc2cccc(C(F)(F)F)c2)n1. The van der Waals surface area contributed by atoms with Crippen LogP contribution in [0.1, 0.15) is 22.5 Å². The third-order valence-electron chi connectivity index (χ3n) is 3.00. The molecule has 128 valence electrons. The Labute approximate surface area is 135 Å². The number of aromatic nitrogens is 2. The number of rotatable bonds is 5. The van der Waals surface area contributed by atoms with Gasteiger partial charge in [-0.1, -0.05) is 18.2 Å². The van der Waals surface area contributed by atoms with E-state index in [4.69, 9.17) is 5.11 Å². The number of aliphatic hydroxyl groups excluding tert-OH is 1. The molecular formula is C15H15F3N4O2. The molecule has 0 spiro atoms. The Bertz CT molecular complexity index is 735. The predicted molar refractivity (Wildman–Crippen MR) is 79.6 cm³/mol. The summed E-state index contributed by atoms with van der Waals surface area (Å²) in [6.07, 6.45) is -4.70. The van der Waals surface area contributed by atoms with Crippen LogP contribution in [0, 0.1) is 6.92 Å². The Morgan fingerprint density at radius 2 is 2.00 bits per heavy atom. The van der Waals surface area contributed by atoms with Crippen LogP contribution in [0.4, 0.5) is 19.1 Å². The molecule has 1 aromatic heterocycles. The van der Waals surface area contributed by atoms with Crippen LogP contribution >= 0.6 is 0 Å². The lowest BCUT2D eigenvalue weighted by atomic mass is 10.1. The van der Waals surface area contributed by atoms with Crippen LogP contribution in [0.3, 0.4) is 0 Å². The van der Waals surface area contributed by atoms with Gasteiger partial charge in [0.15, 0.2) is 0 Å². The second-order valence-electron chi connectivity index (χ2n) is 5.03. The number of carbonyl (C=O) groups is 1. The van der Waals surface area contributed by atoms with Gasteiger partial charge in [-0.05, 0) is 24.6 Å². The van der Waals surface area contributed by atoms with E-state index in [1.54, 1.807) is 13.0 Å². The van der Waals surface area contributed by atoms with Gasteiger partial charge in [-0.15, -0.1) is 0 Å². The maximum absolute atomic E-state index is 12.6. The molecule has 0 atom stereocenters. The minimum atomic E-state index is -4.46. The molecule has 0 fully saturated rings. The first-order chi connectivity index (χ1) is 11.3. The van der Waals surface area contributed by atoms with E-state index in [1.807, 2.05) is 0 Å². The number of carbonyl (C=O) groups excluding carboxylic acids is 1. The smallest absolute Gasteiger partial charge is 0.390 e. The molecular weight excluding hydrogens is 325 g/mol. The molecule has 0 saturated carbocycles. The largest absolute Gasteiger partial charge is 0.416 e. The first kappa shape index (κ1) is 17.7. The van der Waals surface area contributed by atoms with Gasteiger partial charge in [0.25, 0.3) is 0 Å². The summed E-state index contributed by atoms with van der Waals surface area (Å²) in [6, 6.07) is 6.12. The quantitative estimate of drug-likeness (QED) is 0.725. The topological polar surface area (TPSA) is 87.1 Å². The summed E-state index contributed by atoms with van der Waals surface area (Å²) in [5, 5.41) is 9.05. The summed E-state index contributed by atoms with van der Waals surface area (Å²) in [4.78, 5) is 19.8. The van der Waals surface area contributed by atoms with E-state index < -0.39 is 17.6 Å². The molecule has 1 amide bonds. The molecule has 0 saturated heterocycles. The summed E-state index contributed by atoms with van der Waals surface area (Å²) < 4.78 is 37.9. The standard InChI is InChI=1S/C15H15F3N4O2/c1-9-5-12(8-23)20-14(19-9)22-21-13(24)7-10-3-2-4-11(6-10)15(16,17)18/h2-6,23H,7-8H2,1H3,(H,21,24)(H,19,20,22). The van der Waals surface area contributed by atoms with Gasteiger partial charge in [0.2, 0.25) is 11.9 Å². The van der Waals surface area contributed by atoms with E-state index in [0.717, 1.165) is 12.1 Å². The lowest BCUT2D eigenvalue weighted by Crippen LogP contribution is -2.32. The molecule has 2 aromatic rings. The molecule has 0 aliphatic heterocycles. The van der Waals surface area contributed by atoms with Gasteiger partial charge in [0, 0.05) is 5.69 Å². The number of benzene rings is 1. The second kappa shape index (κ2) is 7.26. The van der Waals surface area contributed by atoms with Crippen LogP contribution in [0.25, 0.3) is 0 Å². The Morgan fingerprint density at radius 1 is 1.25 bits per heavy atom. The second-order valence-corrected chi connectivity index (χ2v) is 5.03. The average molecular weight is 340 g/mol. The van der Waals surface area contributed by atoms with Crippen molar-refractivity contribution in [2.24, 2.45) is 0 Å². The first-order valence-corrected chi connectivity index (χ1v) is 6.94. The van der Waals surface area contributed by atoms with Crippen LogP contribution in [0.15, 0.2) is 30.3 Å². The summed E-state index contributed by atoms with van der Waals surface area (Å²) in [7, 11) is 0. The highest BCUT2D eigenvalue weighted by atomic mass is 19.4. The number of nitrogens with one attached hydrogen (secondary N) is 2. The number of anilines is 1. The minimum absolute atomic E-state index is 0.0800. The molecule has 0 aliphatic rings. The van der Waals surface area contributed by atoms with Crippen molar-refractivity contribution < 1.29 is 23.1 Å².